The smallest absolute Gasteiger partial charge is 0.246 e. The molecule has 3 heteroatoms. The van der Waals surface area contributed by atoms with Gasteiger partial charge in [-0.15, -0.1) is 0 Å². The van der Waals surface area contributed by atoms with Crippen LogP contribution in [-0.4, -0.2) is 48.4 Å². The van der Waals surface area contributed by atoms with Crippen LogP contribution in [-0.2, 0) is 4.79 Å². The van der Waals surface area contributed by atoms with Gasteiger partial charge in [-0.2, -0.15) is 0 Å². The first-order chi connectivity index (χ1) is 10.5. The molecule has 120 valence electrons. The minimum atomic E-state index is 0.129. The molecular formula is C19H28N2O. The second kappa shape index (κ2) is 7.59. The van der Waals surface area contributed by atoms with Crippen molar-refractivity contribution in [3.63, 3.8) is 0 Å². The summed E-state index contributed by atoms with van der Waals surface area (Å²) in [7, 11) is 0. The average molecular weight is 300 g/mol. The van der Waals surface area contributed by atoms with Gasteiger partial charge < -0.3 is 4.90 Å². The third-order valence-electron chi connectivity index (χ3n) is 4.14. The standard InChI is InChI=1S/C19H28N2O/c1-15(2)14-20-9-11-21(12-10-20)19(22)8-7-18-6-5-16(3)13-17(18)4/h5-8,13,15H,9-12,14H2,1-4H3/b8-7+. The van der Waals surface area contributed by atoms with Crippen LogP contribution in [0.1, 0.15) is 30.5 Å². The van der Waals surface area contributed by atoms with Crippen LogP contribution in [0.3, 0.4) is 0 Å². The lowest BCUT2D eigenvalue weighted by atomic mass is 10.1. The number of carbonyl (C=O) groups is 1. The molecule has 1 aliphatic rings. The molecule has 0 radical (unpaired) electrons. The lowest BCUT2D eigenvalue weighted by Gasteiger charge is -2.35. The Morgan fingerprint density at radius 1 is 1.18 bits per heavy atom. The highest BCUT2D eigenvalue weighted by atomic mass is 16.2. The second-order valence-corrected chi connectivity index (χ2v) is 6.71. The van der Waals surface area contributed by atoms with E-state index in [2.05, 4.69) is 50.8 Å². The van der Waals surface area contributed by atoms with E-state index in [1.165, 1.54) is 11.1 Å². The molecular weight excluding hydrogens is 272 g/mol. The average Bonchev–Trinajstić information content (AvgIpc) is 2.46. The molecule has 0 unspecified atom stereocenters. The Morgan fingerprint density at radius 2 is 1.86 bits per heavy atom. The monoisotopic (exact) mass is 300 g/mol. The summed E-state index contributed by atoms with van der Waals surface area (Å²) in [5.41, 5.74) is 3.59. The van der Waals surface area contributed by atoms with E-state index in [0.717, 1.165) is 38.3 Å². The summed E-state index contributed by atoms with van der Waals surface area (Å²) in [6, 6.07) is 6.31. The van der Waals surface area contributed by atoms with E-state index in [-0.39, 0.29) is 5.91 Å². The number of carbonyl (C=O) groups excluding carboxylic acids is 1. The van der Waals surface area contributed by atoms with Crippen molar-refractivity contribution >= 4 is 12.0 Å². The first-order valence-electron chi connectivity index (χ1n) is 8.22. The maximum atomic E-state index is 12.3. The largest absolute Gasteiger partial charge is 0.337 e. The highest BCUT2D eigenvalue weighted by Crippen LogP contribution is 2.13. The molecule has 2 rings (SSSR count). The molecule has 0 saturated carbocycles. The number of nitrogens with zero attached hydrogens (tertiary/aromatic N) is 2. The Labute approximate surface area is 134 Å². The third-order valence-corrected chi connectivity index (χ3v) is 4.14. The van der Waals surface area contributed by atoms with Crippen molar-refractivity contribution in [3.05, 3.63) is 41.0 Å². The van der Waals surface area contributed by atoms with E-state index in [0.29, 0.717) is 5.92 Å². The maximum Gasteiger partial charge on any atom is 0.246 e. The van der Waals surface area contributed by atoms with Crippen LogP contribution in [0.25, 0.3) is 6.08 Å². The van der Waals surface area contributed by atoms with Gasteiger partial charge in [0.1, 0.15) is 0 Å². The zero-order valence-corrected chi connectivity index (χ0v) is 14.3. The van der Waals surface area contributed by atoms with E-state index >= 15 is 0 Å². The SMILES string of the molecule is Cc1ccc(/C=C/C(=O)N2CCN(CC(C)C)CC2)c(C)c1. The molecule has 1 heterocycles. The summed E-state index contributed by atoms with van der Waals surface area (Å²) in [5.74, 6) is 0.816. The van der Waals surface area contributed by atoms with Gasteiger partial charge in [0.25, 0.3) is 0 Å². The van der Waals surface area contributed by atoms with Gasteiger partial charge in [0, 0.05) is 38.8 Å². The van der Waals surface area contributed by atoms with Gasteiger partial charge in [0.05, 0.1) is 0 Å². The number of benzene rings is 1. The predicted octanol–water partition coefficient (Wildman–Crippen LogP) is 3.12. The molecule has 1 saturated heterocycles. The molecule has 0 atom stereocenters. The lowest BCUT2D eigenvalue weighted by Crippen LogP contribution is -2.49. The molecule has 1 aromatic carbocycles. The van der Waals surface area contributed by atoms with Crippen molar-refractivity contribution in [1.29, 1.82) is 0 Å². The minimum Gasteiger partial charge on any atom is -0.337 e. The first-order valence-corrected chi connectivity index (χ1v) is 8.22. The summed E-state index contributed by atoms with van der Waals surface area (Å²) in [6.07, 6.45) is 3.66. The van der Waals surface area contributed by atoms with Gasteiger partial charge in [-0.05, 0) is 37.0 Å². The number of amides is 1. The summed E-state index contributed by atoms with van der Waals surface area (Å²) in [4.78, 5) is 16.7. The summed E-state index contributed by atoms with van der Waals surface area (Å²) < 4.78 is 0. The summed E-state index contributed by atoms with van der Waals surface area (Å²) in [6.45, 7) is 13.4. The fourth-order valence-corrected chi connectivity index (χ4v) is 2.95. The number of hydrogen-bond acceptors (Lipinski definition) is 2. The van der Waals surface area contributed by atoms with Crippen LogP contribution in [0.5, 0.6) is 0 Å². The highest BCUT2D eigenvalue weighted by Gasteiger charge is 2.19. The fourth-order valence-electron chi connectivity index (χ4n) is 2.95. The van der Waals surface area contributed by atoms with Crippen LogP contribution in [0.15, 0.2) is 24.3 Å². The van der Waals surface area contributed by atoms with Crippen molar-refractivity contribution in [2.24, 2.45) is 5.92 Å². The van der Waals surface area contributed by atoms with Crippen molar-refractivity contribution in [3.8, 4) is 0 Å². The zero-order chi connectivity index (χ0) is 16.1. The van der Waals surface area contributed by atoms with Crippen LogP contribution in [0.4, 0.5) is 0 Å². The molecule has 22 heavy (non-hydrogen) atoms. The third kappa shape index (κ3) is 4.70. The predicted molar refractivity (Wildman–Crippen MR) is 92.8 cm³/mol. The van der Waals surface area contributed by atoms with E-state index < -0.39 is 0 Å². The van der Waals surface area contributed by atoms with Crippen LogP contribution in [0.2, 0.25) is 0 Å². The number of aryl methyl sites for hydroxylation is 2. The minimum absolute atomic E-state index is 0.129. The maximum absolute atomic E-state index is 12.3. The van der Waals surface area contributed by atoms with E-state index in [4.69, 9.17) is 0 Å². The normalized spacial score (nSPS) is 16.7. The molecule has 1 aromatic rings. The quantitative estimate of drug-likeness (QED) is 0.798. The second-order valence-electron chi connectivity index (χ2n) is 6.71. The molecule has 1 fully saturated rings. The van der Waals surface area contributed by atoms with Crippen molar-refractivity contribution in [1.82, 2.24) is 9.80 Å². The molecule has 0 aromatic heterocycles. The topological polar surface area (TPSA) is 23.6 Å². The number of rotatable bonds is 4. The van der Waals surface area contributed by atoms with Gasteiger partial charge in [-0.3, -0.25) is 9.69 Å². The van der Waals surface area contributed by atoms with Gasteiger partial charge in [-0.25, -0.2) is 0 Å². The number of piperazine rings is 1. The molecule has 0 spiro atoms. The van der Waals surface area contributed by atoms with Crippen LogP contribution in [0, 0.1) is 19.8 Å². The highest BCUT2D eigenvalue weighted by molar-refractivity contribution is 5.92. The van der Waals surface area contributed by atoms with Crippen molar-refractivity contribution in [2.75, 3.05) is 32.7 Å². The first kappa shape index (κ1) is 16.8. The Bertz CT molecular complexity index is 540. The fraction of sp³-hybridized carbons (Fsp3) is 0.526. The van der Waals surface area contributed by atoms with Crippen LogP contribution >= 0.6 is 0 Å². The molecule has 1 aliphatic heterocycles. The molecule has 0 N–H and O–H groups in total. The van der Waals surface area contributed by atoms with Gasteiger partial charge >= 0.3 is 0 Å². The van der Waals surface area contributed by atoms with Gasteiger partial charge in [0.15, 0.2) is 0 Å². The van der Waals surface area contributed by atoms with Gasteiger partial charge in [0.2, 0.25) is 5.91 Å². The lowest BCUT2D eigenvalue weighted by molar-refractivity contribution is -0.127. The number of hydrogen-bond donors (Lipinski definition) is 0. The van der Waals surface area contributed by atoms with E-state index in [9.17, 15) is 4.79 Å². The molecule has 1 amide bonds. The van der Waals surface area contributed by atoms with Crippen LogP contribution < -0.4 is 0 Å². The van der Waals surface area contributed by atoms with Crippen molar-refractivity contribution in [2.45, 2.75) is 27.7 Å². The summed E-state index contributed by atoms with van der Waals surface area (Å²) >= 11 is 0. The molecule has 0 bridgehead atoms. The molecule has 3 nitrogen and oxygen atoms in total. The molecule has 0 aliphatic carbocycles. The Balaban J connectivity index is 1.89. The Morgan fingerprint density at radius 3 is 2.45 bits per heavy atom. The Hall–Kier alpha value is -1.61. The van der Waals surface area contributed by atoms with Crippen molar-refractivity contribution < 1.29 is 4.79 Å². The Kier molecular flexibility index (Phi) is 5.78. The van der Waals surface area contributed by atoms with E-state index in [1.54, 1.807) is 6.08 Å². The zero-order valence-electron chi connectivity index (χ0n) is 14.3. The van der Waals surface area contributed by atoms with E-state index in [1.807, 2.05) is 11.0 Å². The summed E-state index contributed by atoms with van der Waals surface area (Å²) in [5, 5.41) is 0. The van der Waals surface area contributed by atoms with Gasteiger partial charge in [-0.1, -0.05) is 37.6 Å².